The standard InChI is InChI=1S/C28H33NO6/c1-4-5-6-14-34-22-10-7-19(8-11-22)25-24(27(31)28(32)29(25)13-15-33-3)26(30)20-9-12-23-21(17-20)16-18(2)35-23/h7-12,17-18,25,30H,4-6,13-16H2,1-3H3/b26-24+. The first-order valence-electron chi connectivity index (χ1n) is 12.2. The number of rotatable bonds is 10. The van der Waals surface area contributed by atoms with E-state index in [2.05, 4.69) is 6.92 Å². The van der Waals surface area contributed by atoms with Crippen molar-refractivity contribution in [3.8, 4) is 11.5 Å². The molecule has 2 aliphatic rings. The summed E-state index contributed by atoms with van der Waals surface area (Å²) in [6.45, 7) is 5.27. The Morgan fingerprint density at radius 2 is 1.89 bits per heavy atom. The molecule has 2 aromatic rings. The minimum atomic E-state index is -0.720. The number of likely N-dealkylation sites (tertiary alicyclic amines) is 1. The average Bonchev–Trinajstić information content (AvgIpc) is 3.36. The molecule has 2 unspecified atom stereocenters. The van der Waals surface area contributed by atoms with Gasteiger partial charge in [0.25, 0.3) is 11.7 Å². The zero-order chi connectivity index (χ0) is 24.9. The molecule has 35 heavy (non-hydrogen) atoms. The fraction of sp³-hybridized carbons (Fsp3) is 0.429. The maximum Gasteiger partial charge on any atom is 0.295 e. The number of hydrogen-bond acceptors (Lipinski definition) is 6. The van der Waals surface area contributed by atoms with Crippen LogP contribution < -0.4 is 9.47 Å². The normalized spacial score (nSPS) is 20.7. The predicted octanol–water partition coefficient (Wildman–Crippen LogP) is 4.65. The van der Waals surface area contributed by atoms with Crippen LogP contribution in [0.2, 0.25) is 0 Å². The van der Waals surface area contributed by atoms with Crippen LogP contribution in [0, 0.1) is 0 Å². The van der Waals surface area contributed by atoms with Gasteiger partial charge < -0.3 is 24.2 Å². The number of benzene rings is 2. The van der Waals surface area contributed by atoms with Gasteiger partial charge in [-0.05, 0) is 54.8 Å². The van der Waals surface area contributed by atoms with Crippen LogP contribution in [0.5, 0.6) is 11.5 Å². The van der Waals surface area contributed by atoms with Gasteiger partial charge in [0, 0.05) is 25.6 Å². The largest absolute Gasteiger partial charge is 0.507 e. The summed E-state index contributed by atoms with van der Waals surface area (Å²) in [7, 11) is 1.55. The van der Waals surface area contributed by atoms with Crippen molar-refractivity contribution in [3.05, 3.63) is 64.7 Å². The Hall–Kier alpha value is -3.32. The fourth-order valence-electron chi connectivity index (χ4n) is 4.66. The molecule has 2 aliphatic heterocycles. The van der Waals surface area contributed by atoms with E-state index in [4.69, 9.17) is 14.2 Å². The zero-order valence-electron chi connectivity index (χ0n) is 20.6. The van der Waals surface area contributed by atoms with Crippen LogP contribution in [0.1, 0.15) is 55.8 Å². The van der Waals surface area contributed by atoms with Crippen LogP contribution in [-0.2, 0) is 20.7 Å². The molecule has 7 heteroatoms. The molecule has 1 N–H and O–H groups in total. The second-order valence-corrected chi connectivity index (χ2v) is 9.06. The van der Waals surface area contributed by atoms with Gasteiger partial charge in [-0.25, -0.2) is 0 Å². The van der Waals surface area contributed by atoms with E-state index in [1.807, 2.05) is 37.3 Å². The van der Waals surface area contributed by atoms with Crippen LogP contribution in [0.25, 0.3) is 5.76 Å². The highest BCUT2D eigenvalue weighted by Gasteiger charge is 2.46. The molecule has 0 spiro atoms. The van der Waals surface area contributed by atoms with Gasteiger partial charge >= 0.3 is 0 Å². The lowest BCUT2D eigenvalue weighted by atomic mass is 9.94. The van der Waals surface area contributed by atoms with Gasteiger partial charge in [0.15, 0.2) is 0 Å². The molecule has 2 heterocycles. The molecule has 186 valence electrons. The van der Waals surface area contributed by atoms with Crippen molar-refractivity contribution in [3.63, 3.8) is 0 Å². The van der Waals surface area contributed by atoms with Gasteiger partial charge in [0.1, 0.15) is 23.4 Å². The number of unbranched alkanes of at least 4 members (excludes halogenated alkanes) is 2. The summed E-state index contributed by atoms with van der Waals surface area (Å²) in [6, 6.07) is 12.0. The van der Waals surface area contributed by atoms with Gasteiger partial charge in [-0.1, -0.05) is 31.9 Å². The Morgan fingerprint density at radius 3 is 2.60 bits per heavy atom. The van der Waals surface area contributed by atoms with E-state index in [9.17, 15) is 14.7 Å². The third-order valence-electron chi connectivity index (χ3n) is 6.46. The summed E-state index contributed by atoms with van der Waals surface area (Å²) >= 11 is 0. The van der Waals surface area contributed by atoms with E-state index in [0.717, 1.165) is 48.3 Å². The quantitative estimate of drug-likeness (QED) is 0.231. The maximum atomic E-state index is 13.1. The van der Waals surface area contributed by atoms with E-state index >= 15 is 0 Å². The van der Waals surface area contributed by atoms with Crippen LogP contribution in [0.15, 0.2) is 48.0 Å². The van der Waals surface area contributed by atoms with Crippen molar-refractivity contribution in [2.45, 2.75) is 51.7 Å². The minimum absolute atomic E-state index is 0.0599. The Balaban J connectivity index is 1.69. The summed E-state index contributed by atoms with van der Waals surface area (Å²) < 4.78 is 16.7. The minimum Gasteiger partial charge on any atom is -0.507 e. The van der Waals surface area contributed by atoms with Crippen LogP contribution in [0.4, 0.5) is 0 Å². The molecule has 0 bridgehead atoms. The molecule has 0 aromatic heterocycles. The molecule has 2 aromatic carbocycles. The second-order valence-electron chi connectivity index (χ2n) is 9.06. The van der Waals surface area contributed by atoms with Crippen LogP contribution in [0.3, 0.4) is 0 Å². The Bertz CT molecular complexity index is 1110. The molecular weight excluding hydrogens is 446 g/mol. The van der Waals surface area contributed by atoms with E-state index in [1.165, 1.54) is 4.90 Å². The maximum absolute atomic E-state index is 13.1. The first-order valence-corrected chi connectivity index (χ1v) is 12.2. The zero-order valence-corrected chi connectivity index (χ0v) is 20.6. The number of hydrogen-bond donors (Lipinski definition) is 1. The van der Waals surface area contributed by atoms with Crippen molar-refractivity contribution in [2.24, 2.45) is 0 Å². The Morgan fingerprint density at radius 1 is 1.11 bits per heavy atom. The highest BCUT2D eigenvalue weighted by Crippen LogP contribution is 2.40. The van der Waals surface area contributed by atoms with Crippen molar-refractivity contribution in [1.29, 1.82) is 0 Å². The Kier molecular flexibility index (Phi) is 7.76. The summed E-state index contributed by atoms with van der Waals surface area (Å²) in [5.74, 6) is -0.0251. The highest BCUT2D eigenvalue weighted by atomic mass is 16.5. The number of aliphatic hydroxyl groups excluding tert-OH is 1. The van der Waals surface area contributed by atoms with E-state index < -0.39 is 17.7 Å². The summed E-state index contributed by atoms with van der Waals surface area (Å²) in [6.07, 6.45) is 4.00. The van der Waals surface area contributed by atoms with Crippen molar-refractivity contribution in [2.75, 3.05) is 26.9 Å². The lowest BCUT2D eigenvalue weighted by Crippen LogP contribution is -2.32. The molecule has 4 rings (SSSR count). The second kappa shape index (κ2) is 11.0. The number of fused-ring (bicyclic) bond motifs is 1. The Labute approximate surface area is 206 Å². The summed E-state index contributed by atoms with van der Waals surface area (Å²) in [5, 5.41) is 11.3. The van der Waals surface area contributed by atoms with Crippen molar-refractivity contribution < 1.29 is 28.9 Å². The number of Topliss-reactive ketones (excluding diaryl/α,β-unsaturated/α-hetero) is 1. The number of ketones is 1. The number of methoxy groups -OCH3 is 1. The smallest absolute Gasteiger partial charge is 0.295 e. The van der Waals surface area contributed by atoms with E-state index in [-0.39, 0.29) is 30.6 Å². The summed E-state index contributed by atoms with van der Waals surface area (Å²) in [4.78, 5) is 27.6. The van der Waals surface area contributed by atoms with Gasteiger partial charge in [-0.2, -0.15) is 0 Å². The van der Waals surface area contributed by atoms with Gasteiger partial charge in [0.2, 0.25) is 0 Å². The summed E-state index contributed by atoms with van der Waals surface area (Å²) in [5.41, 5.74) is 2.26. The van der Waals surface area contributed by atoms with Gasteiger partial charge in [-0.3, -0.25) is 9.59 Å². The van der Waals surface area contributed by atoms with E-state index in [1.54, 1.807) is 19.2 Å². The number of ether oxygens (including phenoxy) is 3. The SMILES string of the molecule is CCCCCOc1ccc(C2/C(=C(\O)c3ccc4c(c3)CC(C)O4)C(=O)C(=O)N2CCOC)cc1. The lowest BCUT2D eigenvalue weighted by molar-refractivity contribution is -0.140. The molecule has 1 saturated heterocycles. The third-order valence-corrected chi connectivity index (χ3v) is 6.46. The molecular formula is C28H33NO6. The van der Waals surface area contributed by atoms with Crippen molar-refractivity contribution in [1.82, 2.24) is 4.90 Å². The van der Waals surface area contributed by atoms with Crippen LogP contribution >= 0.6 is 0 Å². The molecule has 0 aliphatic carbocycles. The molecule has 1 amide bonds. The van der Waals surface area contributed by atoms with Gasteiger partial charge in [0.05, 0.1) is 24.8 Å². The molecule has 1 fully saturated rings. The highest BCUT2D eigenvalue weighted by molar-refractivity contribution is 6.46. The fourth-order valence-corrected chi connectivity index (χ4v) is 4.66. The third kappa shape index (κ3) is 5.20. The molecule has 0 saturated carbocycles. The van der Waals surface area contributed by atoms with Crippen LogP contribution in [-0.4, -0.2) is 54.7 Å². The number of carbonyl (C=O) groups is 2. The first-order chi connectivity index (χ1) is 16.9. The average molecular weight is 480 g/mol. The lowest BCUT2D eigenvalue weighted by Gasteiger charge is -2.25. The molecule has 2 atom stereocenters. The van der Waals surface area contributed by atoms with Gasteiger partial charge in [-0.15, -0.1) is 0 Å². The molecule has 0 radical (unpaired) electrons. The first kappa shape index (κ1) is 24.8. The predicted molar refractivity (Wildman–Crippen MR) is 133 cm³/mol. The monoisotopic (exact) mass is 479 g/mol. The van der Waals surface area contributed by atoms with Crippen molar-refractivity contribution >= 4 is 17.4 Å². The number of nitrogens with zero attached hydrogens (tertiary/aromatic N) is 1. The number of aliphatic hydroxyl groups is 1. The van der Waals surface area contributed by atoms with E-state index in [0.29, 0.717) is 12.2 Å². The number of carbonyl (C=O) groups excluding carboxylic acids is 2. The number of amides is 1. The molecule has 7 nitrogen and oxygen atoms in total. The topological polar surface area (TPSA) is 85.3 Å².